The number of nitrogens with one attached hydrogen (secondary N) is 1. The summed E-state index contributed by atoms with van der Waals surface area (Å²) in [5.74, 6) is -0.981. The van der Waals surface area contributed by atoms with Crippen LogP contribution in [0.3, 0.4) is 0 Å². The van der Waals surface area contributed by atoms with Gasteiger partial charge in [-0.1, -0.05) is 68.3 Å². The molecule has 32 heavy (non-hydrogen) atoms. The van der Waals surface area contributed by atoms with E-state index in [9.17, 15) is 14.4 Å². The molecule has 1 saturated heterocycles. The molecule has 1 fully saturated rings. The van der Waals surface area contributed by atoms with Crippen LogP contribution < -0.4 is 15.0 Å². The molecule has 0 spiro atoms. The minimum atomic E-state index is -0.789. The van der Waals surface area contributed by atoms with Crippen molar-refractivity contribution in [2.75, 3.05) is 4.90 Å². The summed E-state index contributed by atoms with van der Waals surface area (Å²) >= 11 is 6.91. The number of benzene rings is 3. The maximum Gasteiger partial charge on any atom is 0.335 e. The third-order valence-electron chi connectivity index (χ3n) is 4.73. The standard InChI is InChI=1S/C24H16Br2N2O4/c25-17-10-11-21(32-14-15-6-4-5-9-20(15)26)16(12-17)13-19-22(29)27-24(31)28(23(19)30)18-7-2-1-3-8-18/h1-13H,14H2,(H,27,29,31)/b19-13+. The fourth-order valence-corrected chi connectivity index (χ4v) is 3.94. The van der Waals surface area contributed by atoms with Gasteiger partial charge >= 0.3 is 6.03 Å². The number of rotatable bonds is 5. The van der Waals surface area contributed by atoms with Crippen LogP contribution in [0.2, 0.25) is 0 Å². The van der Waals surface area contributed by atoms with Gasteiger partial charge in [0.25, 0.3) is 11.8 Å². The molecule has 8 heteroatoms. The summed E-state index contributed by atoms with van der Waals surface area (Å²) in [5.41, 5.74) is 1.67. The van der Waals surface area contributed by atoms with Crippen molar-refractivity contribution in [3.8, 4) is 5.75 Å². The molecule has 0 atom stereocenters. The highest BCUT2D eigenvalue weighted by Gasteiger charge is 2.36. The smallest absolute Gasteiger partial charge is 0.335 e. The lowest BCUT2D eigenvalue weighted by atomic mass is 10.1. The Labute approximate surface area is 201 Å². The molecular weight excluding hydrogens is 540 g/mol. The molecule has 0 saturated carbocycles. The molecule has 1 aliphatic heterocycles. The number of anilines is 1. The number of imide groups is 2. The number of halogens is 2. The molecule has 1 N–H and O–H groups in total. The predicted octanol–water partition coefficient (Wildman–Crippen LogP) is 5.46. The first-order valence-corrected chi connectivity index (χ1v) is 11.1. The number of carbonyl (C=O) groups is 3. The van der Waals surface area contributed by atoms with Crippen molar-refractivity contribution in [2.45, 2.75) is 6.61 Å². The Kier molecular flexibility index (Phi) is 6.53. The zero-order valence-electron chi connectivity index (χ0n) is 16.5. The second kappa shape index (κ2) is 9.50. The van der Waals surface area contributed by atoms with Gasteiger partial charge in [0.05, 0.1) is 5.69 Å². The fourth-order valence-electron chi connectivity index (χ4n) is 3.16. The van der Waals surface area contributed by atoms with Crippen LogP contribution in [0.1, 0.15) is 11.1 Å². The summed E-state index contributed by atoms with van der Waals surface area (Å²) in [4.78, 5) is 38.9. The van der Waals surface area contributed by atoms with Crippen molar-refractivity contribution in [3.05, 3.63) is 98.4 Å². The van der Waals surface area contributed by atoms with Gasteiger partial charge in [-0.25, -0.2) is 9.69 Å². The Bertz CT molecular complexity index is 1240. The zero-order valence-corrected chi connectivity index (χ0v) is 19.7. The molecule has 0 radical (unpaired) electrons. The van der Waals surface area contributed by atoms with Crippen LogP contribution in [0, 0.1) is 0 Å². The average molecular weight is 556 g/mol. The molecule has 0 unspecified atom stereocenters. The summed E-state index contributed by atoms with van der Waals surface area (Å²) in [5, 5.41) is 2.23. The van der Waals surface area contributed by atoms with E-state index in [-0.39, 0.29) is 12.2 Å². The van der Waals surface area contributed by atoms with Gasteiger partial charge in [-0.15, -0.1) is 0 Å². The summed E-state index contributed by atoms with van der Waals surface area (Å²) in [6.45, 7) is 0.286. The predicted molar refractivity (Wildman–Crippen MR) is 128 cm³/mol. The first-order valence-electron chi connectivity index (χ1n) is 9.56. The van der Waals surface area contributed by atoms with Gasteiger partial charge in [0.15, 0.2) is 0 Å². The minimum absolute atomic E-state index is 0.169. The van der Waals surface area contributed by atoms with E-state index in [1.54, 1.807) is 48.5 Å². The van der Waals surface area contributed by atoms with Crippen molar-refractivity contribution in [1.82, 2.24) is 5.32 Å². The van der Waals surface area contributed by atoms with Crippen LogP contribution in [0.15, 0.2) is 87.3 Å². The zero-order chi connectivity index (χ0) is 22.7. The van der Waals surface area contributed by atoms with Crippen molar-refractivity contribution in [2.24, 2.45) is 0 Å². The van der Waals surface area contributed by atoms with Crippen LogP contribution in [-0.2, 0) is 16.2 Å². The first-order chi connectivity index (χ1) is 15.4. The monoisotopic (exact) mass is 554 g/mol. The summed E-state index contributed by atoms with van der Waals surface area (Å²) in [7, 11) is 0. The SMILES string of the molecule is O=C1NC(=O)N(c2ccccc2)C(=O)/C1=C/c1cc(Br)ccc1OCc1ccccc1Br. The molecule has 3 aromatic rings. The second-order valence-corrected chi connectivity index (χ2v) is 8.63. The molecule has 160 valence electrons. The van der Waals surface area contributed by atoms with E-state index in [4.69, 9.17) is 4.74 Å². The summed E-state index contributed by atoms with van der Waals surface area (Å²) in [6, 6.07) is 20.6. The van der Waals surface area contributed by atoms with Gasteiger partial charge < -0.3 is 4.74 Å². The van der Waals surface area contributed by atoms with Gasteiger partial charge in [-0.3, -0.25) is 14.9 Å². The topological polar surface area (TPSA) is 75.7 Å². The van der Waals surface area contributed by atoms with Crippen LogP contribution in [0.25, 0.3) is 6.08 Å². The Morgan fingerprint density at radius 1 is 0.906 bits per heavy atom. The van der Waals surface area contributed by atoms with Gasteiger partial charge in [-0.05, 0) is 42.5 Å². The Hall–Kier alpha value is -3.23. The number of hydrogen-bond donors (Lipinski definition) is 1. The van der Waals surface area contributed by atoms with E-state index in [0.717, 1.165) is 19.4 Å². The van der Waals surface area contributed by atoms with E-state index in [1.807, 2.05) is 24.3 Å². The van der Waals surface area contributed by atoms with Gasteiger partial charge in [0, 0.05) is 20.1 Å². The number of carbonyl (C=O) groups excluding carboxylic acids is 3. The number of barbiturate groups is 1. The van der Waals surface area contributed by atoms with Crippen LogP contribution in [0.4, 0.5) is 10.5 Å². The van der Waals surface area contributed by atoms with Gasteiger partial charge in [0.1, 0.15) is 17.9 Å². The Morgan fingerprint density at radius 2 is 1.62 bits per heavy atom. The van der Waals surface area contributed by atoms with Gasteiger partial charge in [0.2, 0.25) is 0 Å². The highest BCUT2D eigenvalue weighted by Crippen LogP contribution is 2.29. The summed E-state index contributed by atoms with van der Waals surface area (Å²) < 4.78 is 7.64. The Balaban J connectivity index is 1.68. The van der Waals surface area contributed by atoms with Crippen molar-refractivity contribution >= 4 is 61.5 Å². The van der Waals surface area contributed by atoms with E-state index in [1.165, 1.54) is 6.08 Å². The molecule has 4 rings (SSSR count). The van der Waals surface area contributed by atoms with E-state index in [2.05, 4.69) is 37.2 Å². The average Bonchev–Trinajstić information content (AvgIpc) is 2.77. The second-order valence-electron chi connectivity index (χ2n) is 6.86. The number of ether oxygens (including phenoxy) is 1. The molecule has 1 heterocycles. The van der Waals surface area contributed by atoms with E-state index >= 15 is 0 Å². The maximum atomic E-state index is 13.1. The molecule has 3 aromatic carbocycles. The van der Waals surface area contributed by atoms with Crippen LogP contribution >= 0.6 is 31.9 Å². The molecule has 0 bridgehead atoms. The van der Waals surface area contributed by atoms with Gasteiger partial charge in [-0.2, -0.15) is 0 Å². The quantitative estimate of drug-likeness (QED) is 0.335. The molecule has 6 nitrogen and oxygen atoms in total. The highest BCUT2D eigenvalue weighted by atomic mass is 79.9. The third-order valence-corrected chi connectivity index (χ3v) is 6.00. The molecule has 4 amide bonds. The maximum absolute atomic E-state index is 13.1. The lowest BCUT2D eigenvalue weighted by Crippen LogP contribution is -2.54. The molecule has 0 aromatic heterocycles. The van der Waals surface area contributed by atoms with Crippen molar-refractivity contribution < 1.29 is 19.1 Å². The third kappa shape index (κ3) is 4.66. The number of nitrogens with zero attached hydrogens (tertiary/aromatic N) is 1. The van der Waals surface area contributed by atoms with Crippen LogP contribution in [-0.4, -0.2) is 17.8 Å². The lowest BCUT2D eigenvalue weighted by Gasteiger charge is -2.26. The summed E-state index contributed by atoms with van der Waals surface area (Å²) in [6.07, 6.45) is 1.43. The largest absolute Gasteiger partial charge is 0.488 e. The fraction of sp³-hybridized carbons (Fsp3) is 0.0417. The minimum Gasteiger partial charge on any atom is -0.488 e. The van der Waals surface area contributed by atoms with Crippen molar-refractivity contribution in [3.63, 3.8) is 0 Å². The Morgan fingerprint density at radius 3 is 2.38 bits per heavy atom. The van der Waals surface area contributed by atoms with E-state index in [0.29, 0.717) is 17.0 Å². The first kappa shape index (κ1) is 22.0. The molecule has 0 aliphatic carbocycles. The van der Waals surface area contributed by atoms with Crippen molar-refractivity contribution in [1.29, 1.82) is 0 Å². The molecular formula is C24H16Br2N2O4. The number of urea groups is 1. The normalized spacial score (nSPS) is 15.1. The highest BCUT2D eigenvalue weighted by molar-refractivity contribution is 9.10. The van der Waals surface area contributed by atoms with Crippen LogP contribution in [0.5, 0.6) is 5.75 Å². The number of hydrogen-bond acceptors (Lipinski definition) is 4. The molecule has 1 aliphatic rings. The number of amides is 4. The van der Waals surface area contributed by atoms with E-state index < -0.39 is 17.8 Å². The number of para-hydroxylation sites is 1. The lowest BCUT2D eigenvalue weighted by molar-refractivity contribution is -0.122.